The summed E-state index contributed by atoms with van der Waals surface area (Å²) < 4.78 is 15.6. The summed E-state index contributed by atoms with van der Waals surface area (Å²) in [7, 11) is 0. The third-order valence-electron chi connectivity index (χ3n) is 3.41. The van der Waals surface area contributed by atoms with Crippen LogP contribution in [-0.4, -0.2) is 9.55 Å². The Bertz CT molecular complexity index is 558. The molecule has 4 heteroatoms. The van der Waals surface area contributed by atoms with E-state index in [-0.39, 0.29) is 5.82 Å². The molecule has 0 unspecified atom stereocenters. The van der Waals surface area contributed by atoms with Crippen molar-refractivity contribution in [2.75, 3.05) is 5.32 Å². The van der Waals surface area contributed by atoms with Crippen molar-refractivity contribution in [3.63, 3.8) is 0 Å². The number of rotatable bonds is 4. The molecular formula is C14H16FN3. The van der Waals surface area contributed by atoms with Crippen LogP contribution >= 0.6 is 0 Å². The van der Waals surface area contributed by atoms with Crippen molar-refractivity contribution < 1.29 is 4.39 Å². The Hall–Kier alpha value is -1.84. The molecule has 0 amide bonds. The van der Waals surface area contributed by atoms with Crippen LogP contribution in [0.25, 0.3) is 0 Å². The van der Waals surface area contributed by atoms with E-state index in [2.05, 4.69) is 14.9 Å². The normalized spacial score (nSPS) is 14.8. The fraction of sp³-hybridized carbons (Fsp3) is 0.357. The quantitative estimate of drug-likeness (QED) is 0.895. The van der Waals surface area contributed by atoms with Crippen LogP contribution in [0.1, 0.15) is 30.1 Å². The van der Waals surface area contributed by atoms with E-state index in [1.54, 1.807) is 13.0 Å². The van der Waals surface area contributed by atoms with Crippen molar-refractivity contribution in [2.45, 2.75) is 32.4 Å². The molecular weight excluding hydrogens is 229 g/mol. The standard InChI is InChI=1S/C14H16FN3/c1-10-13(15)3-2-4-14(10)17-8-12-7-16-9-18(12)11-5-6-11/h2-4,7,9,11,17H,5-6,8H2,1H3. The van der Waals surface area contributed by atoms with Crippen LogP contribution in [0.3, 0.4) is 0 Å². The summed E-state index contributed by atoms with van der Waals surface area (Å²) in [5.41, 5.74) is 2.66. The summed E-state index contributed by atoms with van der Waals surface area (Å²) in [5.74, 6) is -0.171. The summed E-state index contributed by atoms with van der Waals surface area (Å²) in [6, 6.07) is 5.73. The predicted octanol–water partition coefficient (Wildman–Crippen LogP) is 3.28. The molecule has 1 N–H and O–H groups in total. The first-order valence-corrected chi connectivity index (χ1v) is 6.25. The van der Waals surface area contributed by atoms with Gasteiger partial charge >= 0.3 is 0 Å². The molecule has 1 aliphatic carbocycles. The van der Waals surface area contributed by atoms with E-state index >= 15 is 0 Å². The lowest BCUT2D eigenvalue weighted by atomic mass is 10.2. The van der Waals surface area contributed by atoms with Gasteiger partial charge in [-0.25, -0.2) is 9.37 Å². The molecule has 3 nitrogen and oxygen atoms in total. The van der Waals surface area contributed by atoms with Crippen LogP contribution in [0.15, 0.2) is 30.7 Å². The van der Waals surface area contributed by atoms with Crippen LogP contribution in [-0.2, 0) is 6.54 Å². The number of anilines is 1. The second kappa shape index (κ2) is 4.44. The van der Waals surface area contributed by atoms with Gasteiger partial charge in [-0.1, -0.05) is 6.07 Å². The lowest BCUT2D eigenvalue weighted by molar-refractivity contribution is 0.619. The molecule has 0 aliphatic heterocycles. The monoisotopic (exact) mass is 245 g/mol. The molecule has 0 bridgehead atoms. The van der Waals surface area contributed by atoms with Crippen molar-refractivity contribution >= 4 is 5.69 Å². The zero-order chi connectivity index (χ0) is 12.5. The van der Waals surface area contributed by atoms with Gasteiger partial charge in [-0.15, -0.1) is 0 Å². The molecule has 1 heterocycles. The van der Waals surface area contributed by atoms with Gasteiger partial charge in [0.05, 0.1) is 18.6 Å². The van der Waals surface area contributed by atoms with Crippen LogP contribution < -0.4 is 5.32 Å². The Morgan fingerprint density at radius 3 is 3.06 bits per heavy atom. The zero-order valence-electron chi connectivity index (χ0n) is 10.4. The van der Waals surface area contributed by atoms with Gasteiger partial charge in [-0.05, 0) is 31.9 Å². The van der Waals surface area contributed by atoms with Gasteiger partial charge in [0.15, 0.2) is 0 Å². The maximum atomic E-state index is 13.4. The van der Waals surface area contributed by atoms with E-state index in [4.69, 9.17) is 0 Å². The molecule has 94 valence electrons. The average molecular weight is 245 g/mol. The summed E-state index contributed by atoms with van der Waals surface area (Å²) in [6.45, 7) is 2.47. The topological polar surface area (TPSA) is 29.9 Å². The first-order valence-electron chi connectivity index (χ1n) is 6.25. The number of imidazole rings is 1. The van der Waals surface area contributed by atoms with Crippen molar-refractivity contribution in [1.82, 2.24) is 9.55 Å². The molecule has 2 aromatic rings. The van der Waals surface area contributed by atoms with Crippen molar-refractivity contribution in [2.24, 2.45) is 0 Å². The van der Waals surface area contributed by atoms with E-state index in [1.807, 2.05) is 18.6 Å². The summed E-state index contributed by atoms with van der Waals surface area (Å²) in [4.78, 5) is 4.18. The fourth-order valence-corrected chi connectivity index (χ4v) is 2.14. The average Bonchev–Trinajstić information content (AvgIpc) is 3.11. The highest BCUT2D eigenvalue weighted by molar-refractivity contribution is 5.51. The molecule has 0 atom stereocenters. The van der Waals surface area contributed by atoms with E-state index < -0.39 is 0 Å². The Kier molecular flexibility index (Phi) is 2.78. The summed E-state index contributed by atoms with van der Waals surface area (Å²) in [6.07, 6.45) is 6.23. The first kappa shape index (κ1) is 11.3. The highest BCUT2D eigenvalue weighted by Gasteiger charge is 2.24. The second-order valence-corrected chi connectivity index (χ2v) is 4.79. The van der Waals surface area contributed by atoms with Gasteiger partial charge < -0.3 is 9.88 Å². The van der Waals surface area contributed by atoms with Crippen molar-refractivity contribution in [1.29, 1.82) is 0 Å². The highest BCUT2D eigenvalue weighted by Crippen LogP contribution is 2.35. The van der Waals surface area contributed by atoms with Gasteiger partial charge in [-0.3, -0.25) is 0 Å². The molecule has 1 aliphatic rings. The third kappa shape index (κ3) is 2.10. The van der Waals surface area contributed by atoms with E-state index in [0.29, 0.717) is 18.2 Å². The molecule has 1 saturated carbocycles. The van der Waals surface area contributed by atoms with Crippen molar-refractivity contribution in [3.8, 4) is 0 Å². The smallest absolute Gasteiger partial charge is 0.128 e. The number of hydrogen-bond acceptors (Lipinski definition) is 2. The van der Waals surface area contributed by atoms with Crippen LogP contribution in [0.2, 0.25) is 0 Å². The number of nitrogens with zero attached hydrogens (tertiary/aromatic N) is 2. The maximum Gasteiger partial charge on any atom is 0.128 e. The molecule has 0 radical (unpaired) electrons. The highest BCUT2D eigenvalue weighted by atomic mass is 19.1. The Morgan fingerprint density at radius 2 is 2.28 bits per heavy atom. The number of benzene rings is 1. The summed E-state index contributed by atoms with van der Waals surface area (Å²) in [5, 5.41) is 3.28. The Labute approximate surface area is 106 Å². The first-order chi connectivity index (χ1) is 8.75. The lowest BCUT2D eigenvalue weighted by Crippen LogP contribution is -2.07. The minimum atomic E-state index is -0.171. The largest absolute Gasteiger partial charge is 0.379 e. The van der Waals surface area contributed by atoms with Gasteiger partial charge in [0.25, 0.3) is 0 Å². The number of aromatic nitrogens is 2. The molecule has 18 heavy (non-hydrogen) atoms. The maximum absolute atomic E-state index is 13.4. The van der Waals surface area contributed by atoms with E-state index in [9.17, 15) is 4.39 Å². The third-order valence-corrected chi connectivity index (χ3v) is 3.41. The molecule has 1 aromatic carbocycles. The minimum Gasteiger partial charge on any atom is -0.379 e. The van der Waals surface area contributed by atoms with E-state index in [1.165, 1.54) is 18.9 Å². The number of halogens is 1. The molecule has 0 saturated heterocycles. The van der Waals surface area contributed by atoms with Crippen LogP contribution in [0.4, 0.5) is 10.1 Å². The summed E-state index contributed by atoms with van der Waals surface area (Å²) >= 11 is 0. The van der Waals surface area contributed by atoms with E-state index in [0.717, 1.165) is 11.4 Å². The van der Waals surface area contributed by atoms with Gasteiger partial charge in [0.1, 0.15) is 5.82 Å². The number of hydrogen-bond donors (Lipinski definition) is 1. The fourth-order valence-electron chi connectivity index (χ4n) is 2.14. The Balaban J connectivity index is 1.74. The predicted molar refractivity (Wildman–Crippen MR) is 69.0 cm³/mol. The number of nitrogens with one attached hydrogen (secondary N) is 1. The van der Waals surface area contributed by atoms with Gasteiger partial charge in [0, 0.05) is 23.5 Å². The van der Waals surface area contributed by atoms with Crippen LogP contribution in [0.5, 0.6) is 0 Å². The molecule has 3 rings (SSSR count). The van der Waals surface area contributed by atoms with Gasteiger partial charge in [-0.2, -0.15) is 0 Å². The lowest BCUT2D eigenvalue weighted by Gasteiger charge is -2.11. The second-order valence-electron chi connectivity index (χ2n) is 4.79. The van der Waals surface area contributed by atoms with Crippen molar-refractivity contribution in [3.05, 3.63) is 47.8 Å². The Morgan fingerprint density at radius 1 is 1.44 bits per heavy atom. The van der Waals surface area contributed by atoms with Crippen LogP contribution in [0, 0.1) is 12.7 Å². The minimum absolute atomic E-state index is 0.171. The molecule has 1 aromatic heterocycles. The zero-order valence-corrected chi connectivity index (χ0v) is 10.4. The molecule has 0 spiro atoms. The SMILES string of the molecule is Cc1c(F)cccc1NCc1cncn1C1CC1. The van der Waals surface area contributed by atoms with Gasteiger partial charge in [0.2, 0.25) is 0 Å². The molecule has 1 fully saturated rings.